The summed E-state index contributed by atoms with van der Waals surface area (Å²) in [4.78, 5) is 6.07. The minimum Gasteiger partial charge on any atom is -0.379 e. The van der Waals surface area contributed by atoms with Crippen LogP contribution in [0.15, 0.2) is 4.88 Å². The summed E-state index contributed by atoms with van der Waals surface area (Å²) in [6.07, 6.45) is 0. The minimum absolute atomic E-state index is 0.00387. The molecule has 15 heavy (non-hydrogen) atoms. The van der Waals surface area contributed by atoms with E-state index in [0.717, 1.165) is 0 Å². The lowest BCUT2D eigenvalue weighted by Gasteiger charge is -2.32. The predicted molar refractivity (Wildman–Crippen MR) is 57.4 cm³/mol. The molecule has 7 nitrogen and oxygen atoms in total. The highest BCUT2D eigenvalue weighted by molar-refractivity contribution is 7.57. The highest BCUT2D eigenvalue weighted by Gasteiger charge is 2.31. The van der Waals surface area contributed by atoms with E-state index in [1.54, 1.807) is 4.67 Å². The topological polar surface area (TPSA) is 90.3 Å². The number of ether oxygens (including phenoxy) is 1. The highest BCUT2D eigenvalue weighted by atomic mass is 31.2. The monoisotopic (exact) mass is 233 g/mol. The zero-order chi connectivity index (χ0) is 11.3. The van der Waals surface area contributed by atoms with Crippen molar-refractivity contribution >= 4 is 7.59 Å². The number of rotatable bonds is 4. The molecule has 1 saturated heterocycles. The molecule has 0 bridgehead atoms. The Bertz CT molecular complexity index is 296. The SMILES string of the molecule is CC(C)NP(=O)(N=[N+]=[N-])N1CCOCC1. The third-order valence-corrected chi connectivity index (χ3v) is 4.30. The third-order valence-electron chi connectivity index (χ3n) is 1.96. The van der Waals surface area contributed by atoms with Crippen molar-refractivity contribution in [1.82, 2.24) is 9.76 Å². The molecule has 1 rings (SSSR count). The molecule has 0 aromatic carbocycles. The number of nitrogens with zero attached hydrogens (tertiary/aromatic N) is 4. The largest absolute Gasteiger partial charge is 0.379 e. The second kappa shape index (κ2) is 5.49. The Morgan fingerprint density at radius 2 is 2.13 bits per heavy atom. The van der Waals surface area contributed by atoms with Crippen LogP contribution in [0.1, 0.15) is 13.8 Å². The Balaban J connectivity index is 2.78. The molecule has 1 aliphatic heterocycles. The maximum atomic E-state index is 12.3. The van der Waals surface area contributed by atoms with Crippen LogP contribution in [-0.4, -0.2) is 37.0 Å². The Kier molecular flexibility index (Phi) is 4.57. The van der Waals surface area contributed by atoms with Gasteiger partial charge in [-0.05, 0) is 19.4 Å². The molecule has 0 aromatic rings. The molecular weight excluding hydrogens is 217 g/mol. The first kappa shape index (κ1) is 12.5. The third kappa shape index (κ3) is 3.48. The van der Waals surface area contributed by atoms with Crippen LogP contribution in [0, 0.1) is 0 Å². The number of hydrogen-bond donors (Lipinski definition) is 1. The normalized spacial score (nSPS) is 22.1. The van der Waals surface area contributed by atoms with Crippen molar-refractivity contribution in [3.05, 3.63) is 10.4 Å². The summed E-state index contributed by atoms with van der Waals surface area (Å²) in [5, 5.41) is 2.83. The summed E-state index contributed by atoms with van der Waals surface area (Å²) in [5.41, 5.74) is 8.43. The lowest BCUT2D eigenvalue weighted by molar-refractivity contribution is 0.0712. The van der Waals surface area contributed by atoms with Crippen LogP contribution in [-0.2, 0) is 9.30 Å². The van der Waals surface area contributed by atoms with Gasteiger partial charge in [-0.1, -0.05) is 0 Å². The van der Waals surface area contributed by atoms with Crippen molar-refractivity contribution < 1.29 is 9.30 Å². The van der Waals surface area contributed by atoms with Crippen molar-refractivity contribution in [2.45, 2.75) is 19.9 Å². The van der Waals surface area contributed by atoms with E-state index in [9.17, 15) is 4.57 Å². The average Bonchev–Trinajstić information content (AvgIpc) is 2.18. The van der Waals surface area contributed by atoms with E-state index in [0.29, 0.717) is 26.3 Å². The predicted octanol–water partition coefficient (Wildman–Crippen LogP) is 1.74. The maximum absolute atomic E-state index is 12.3. The fourth-order valence-corrected chi connectivity index (χ4v) is 3.19. The Morgan fingerprint density at radius 1 is 1.53 bits per heavy atom. The second-order valence-corrected chi connectivity index (χ2v) is 5.66. The molecule has 0 spiro atoms. The molecule has 1 unspecified atom stereocenters. The van der Waals surface area contributed by atoms with E-state index < -0.39 is 7.59 Å². The molecule has 1 aliphatic rings. The van der Waals surface area contributed by atoms with Gasteiger partial charge < -0.3 is 4.74 Å². The van der Waals surface area contributed by atoms with E-state index in [-0.39, 0.29) is 6.04 Å². The van der Waals surface area contributed by atoms with Gasteiger partial charge in [0.1, 0.15) is 0 Å². The standard InChI is InChI=1S/C7H16N5O2P/c1-7(2)9-15(13,11-10-8)12-3-5-14-6-4-12/h7H,3-6H2,1-2H3,(H,9,13). The zero-order valence-electron chi connectivity index (χ0n) is 8.96. The molecular formula is C7H16N5O2P. The van der Waals surface area contributed by atoms with E-state index >= 15 is 0 Å². The Hall–Kier alpha value is -0.580. The molecule has 0 aliphatic carbocycles. The lowest BCUT2D eigenvalue weighted by atomic mass is 10.4. The summed E-state index contributed by atoms with van der Waals surface area (Å²) in [6, 6.07) is 0.00387. The molecule has 0 amide bonds. The van der Waals surface area contributed by atoms with Crippen LogP contribution < -0.4 is 5.09 Å². The molecule has 8 heteroatoms. The lowest BCUT2D eigenvalue weighted by Crippen LogP contribution is -2.38. The van der Waals surface area contributed by atoms with Gasteiger partial charge in [-0.25, -0.2) is 9.76 Å². The quantitative estimate of drug-likeness (QED) is 0.346. The van der Waals surface area contributed by atoms with Crippen LogP contribution in [0.3, 0.4) is 0 Å². The first-order valence-electron chi connectivity index (χ1n) is 4.86. The van der Waals surface area contributed by atoms with Gasteiger partial charge in [-0.3, -0.25) is 4.57 Å². The van der Waals surface area contributed by atoms with Crippen LogP contribution in [0.25, 0.3) is 10.4 Å². The zero-order valence-corrected chi connectivity index (χ0v) is 9.85. The summed E-state index contributed by atoms with van der Waals surface area (Å²) in [6.45, 7) is 5.81. The van der Waals surface area contributed by atoms with Crippen molar-refractivity contribution in [2.24, 2.45) is 4.88 Å². The molecule has 1 fully saturated rings. The van der Waals surface area contributed by atoms with Gasteiger partial charge >= 0.3 is 7.59 Å². The van der Waals surface area contributed by atoms with E-state index in [2.05, 4.69) is 14.9 Å². The fourth-order valence-electron chi connectivity index (χ4n) is 1.38. The Labute approximate surface area is 88.9 Å². The van der Waals surface area contributed by atoms with Gasteiger partial charge in [0.15, 0.2) is 0 Å². The summed E-state index contributed by atoms with van der Waals surface area (Å²) < 4.78 is 19.1. The molecule has 1 N–H and O–H groups in total. The molecule has 86 valence electrons. The van der Waals surface area contributed by atoms with Crippen molar-refractivity contribution in [3.8, 4) is 0 Å². The van der Waals surface area contributed by atoms with Crippen LogP contribution in [0.4, 0.5) is 0 Å². The number of morpholine rings is 1. The van der Waals surface area contributed by atoms with E-state index in [4.69, 9.17) is 10.3 Å². The van der Waals surface area contributed by atoms with E-state index in [1.165, 1.54) is 0 Å². The molecule has 1 atom stereocenters. The first-order chi connectivity index (χ1) is 7.08. The highest BCUT2D eigenvalue weighted by Crippen LogP contribution is 2.47. The van der Waals surface area contributed by atoms with Crippen molar-refractivity contribution in [3.63, 3.8) is 0 Å². The van der Waals surface area contributed by atoms with Gasteiger partial charge in [-0.15, -0.1) is 0 Å². The van der Waals surface area contributed by atoms with E-state index in [1.807, 2.05) is 13.8 Å². The first-order valence-corrected chi connectivity index (χ1v) is 6.47. The second-order valence-electron chi connectivity index (χ2n) is 3.57. The van der Waals surface area contributed by atoms with Gasteiger partial charge in [0, 0.05) is 28.9 Å². The van der Waals surface area contributed by atoms with Crippen LogP contribution in [0.2, 0.25) is 0 Å². The minimum atomic E-state index is -3.14. The summed E-state index contributed by atoms with van der Waals surface area (Å²) >= 11 is 0. The van der Waals surface area contributed by atoms with Crippen LogP contribution in [0.5, 0.6) is 0 Å². The van der Waals surface area contributed by atoms with Crippen molar-refractivity contribution in [2.75, 3.05) is 26.3 Å². The van der Waals surface area contributed by atoms with Gasteiger partial charge in [0.05, 0.1) is 13.2 Å². The van der Waals surface area contributed by atoms with Crippen molar-refractivity contribution in [1.29, 1.82) is 0 Å². The average molecular weight is 233 g/mol. The molecule has 0 saturated carbocycles. The number of nitrogens with one attached hydrogen (secondary N) is 1. The number of hydrogen-bond acceptors (Lipinski definition) is 2. The van der Waals surface area contributed by atoms with Gasteiger partial charge in [-0.2, -0.15) is 0 Å². The summed E-state index contributed by atoms with van der Waals surface area (Å²) in [5.74, 6) is 0. The van der Waals surface area contributed by atoms with Crippen LogP contribution >= 0.6 is 7.59 Å². The molecule has 0 radical (unpaired) electrons. The molecule has 1 heterocycles. The number of azide groups is 1. The fraction of sp³-hybridized carbons (Fsp3) is 1.00. The van der Waals surface area contributed by atoms with Gasteiger partial charge in [0.25, 0.3) is 0 Å². The summed E-state index contributed by atoms with van der Waals surface area (Å²) in [7, 11) is -3.14. The van der Waals surface area contributed by atoms with Gasteiger partial charge in [0.2, 0.25) is 0 Å². The maximum Gasteiger partial charge on any atom is 0.301 e. The Morgan fingerprint density at radius 3 is 2.60 bits per heavy atom. The smallest absolute Gasteiger partial charge is 0.301 e. The molecule has 0 aromatic heterocycles.